The van der Waals surface area contributed by atoms with Gasteiger partial charge in [0.2, 0.25) is 5.91 Å². The number of nitrogens with zero attached hydrogens (tertiary/aromatic N) is 1. The van der Waals surface area contributed by atoms with E-state index in [0.717, 1.165) is 27.7 Å². The van der Waals surface area contributed by atoms with Crippen LogP contribution in [0.2, 0.25) is 0 Å². The smallest absolute Gasteiger partial charge is 0.217 e. The molecule has 0 unspecified atom stereocenters. The lowest BCUT2D eigenvalue weighted by atomic mass is 10.1. The Kier molecular flexibility index (Phi) is 4.73. The van der Waals surface area contributed by atoms with E-state index in [1.165, 1.54) is 6.92 Å². The average Bonchev–Trinajstić information content (AvgIpc) is 3.23. The van der Waals surface area contributed by atoms with Crippen LogP contribution in [0.25, 0.3) is 11.3 Å². The number of benzene rings is 1. The maximum Gasteiger partial charge on any atom is 0.217 e. The van der Waals surface area contributed by atoms with E-state index in [9.17, 15) is 4.79 Å². The van der Waals surface area contributed by atoms with Crippen molar-refractivity contribution >= 4 is 22.4 Å². The number of aromatic nitrogens is 1. The van der Waals surface area contributed by atoms with Crippen molar-refractivity contribution in [1.29, 1.82) is 0 Å². The van der Waals surface area contributed by atoms with Crippen molar-refractivity contribution in [3.8, 4) is 11.3 Å². The first-order valence-electron chi connectivity index (χ1n) is 7.26. The fraction of sp³-hybridized carbons (Fsp3) is 0.176. The fourth-order valence-corrected chi connectivity index (χ4v) is 2.80. The van der Waals surface area contributed by atoms with Gasteiger partial charge in [0.1, 0.15) is 5.76 Å². The van der Waals surface area contributed by atoms with Crippen molar-refractivity contribution in [2.75, 3.05) is 5.32 Å². The molecular formula is C17H17N3O2S. The number of nitrogens with one attached hydrogen (secondary N) is 2. The van der Waals surface area contributed by atoms with Gasteiger partial charge in [-0.2, -0.15) is 0 Å². The Bertz CT molecular complexity index is 764. The molecule has 0 atom stereocenters. The van der Waals surface area contributed by atoms with E-state index in [-0.39, 0.29) is 5.91 Å². The molecule has 2 heterocycles. The molecule has 0 radical (unpaired) electrons. The second-order valence-electron chi connectivity index (χ2n) is 5.08. The molecule has 3 aromatic rings. The second kappa shape index (κ2) is 7.11. The van der Waals surface area contributed by atoms with Crippen LogP contribution in [0.3, 0.4) is 0 Å². The van der Waals surface area contributed by atoms with E-state index in [0.29, 0.717) is 13.1 Å². The van der Waals surface area contributed by atoms with Gasteiger partial charge in [0.15, 0.2) is 5.13 Å². The standard InChI is InChI=1S/C17H17N3O2S/c1-12(21)18-9-13-4-6-14(7-5-13)16-11-23-17(20-16)19-10-15-3-2-8-22-15/h2-8,11H,9-10H2,1H3,(H,18,21)(H,19,20). The highest BCUT2D eigenvalue weighted by atomic mass is 32.1. The van der Waals surface area contributed by atoms with Gasteiger partial charge in [0.05, 0.1) is 18.5 Å². The highest BCUT2D eigenvalue weighted by Crippen LogP contribution is 2.25. The van der Waals surface area contributed by atoms with Crippen LogP contribution >= 0.6 is 11.3 Å². The zero-order valence-electron chi connectivity index (χ0n) is 12.7. The quantitative estimate of drug-likeness (QED) is 0.725. The third kappa shape index (κ3) is 4.20. The number of rotatable bonds is 6. The van der Waals surface area contributed by atoms with Crippen LogP contribution < -0.4 is 10.6 Å². The van der Waals surface area contributed by atoms with Crippen molar-refractivity contribution in [2.45, 2.75) is 20.0 Å². The van der Waals surface area contributed by atoms with Crippen molar-refractivity contribution in [3.63, 3.8) is 0 Å². The third-order valence-corrected chi connectivity index (χ3v) is 4.09. The van der Waals surface area contributed by atoms with Crippen LogP contribution in [-0.4, -0.2) is 10.9 Å². The summed E-state index contributed by atoms with van der Waals surface area (Å²) in [6.45, 7) is 2.68. The molecule has 2 aromatic heterocycles. The predicted octanol–water partition coefficient (Wildman–Crippen LogP) is 3.65. The lowest BCUT2D eigenvalue weighted by Crippen LogP contribution is -2.18. The molecule has 5 nitrogen and oxygen atoms in total. The Balaban J connectivity index is 1.61. The highest BCUT2D eigenvalue weighted by molar-refractivity contribution is 7.14. The maximum absolute atomic E-state index is 10.9. The summed E-state index contributed by atoms with van der Waals surface area (Å²) < 4.78 is 5.28. The summed E-state index contributed by atoms with van der Waals surface area (Å²) in [5.74, 6) is 0.852. The zero-order chi connectivity index (χ0) is 16.1. The highest BCUT2D eigenvalue weighted by Gasteiger charge is 2.05. The summed E-state index contributed by atoms with van der Waals surface area (Å²) in [7, 11) is 0. The van der Waals surface area contributed by atoms with Gasteiger partial charge in [-0.15, -0.1) is 11.3 Å². The average molecular weight is 327 g/mol. The van der Waals surface area contributed by atoms with E-state index in [4.69, 9.17) is 4.42 Å². The molecule has 0 bridgehead atoms. The zero-order valence-corrected chi connectivity index (χ0v) is 13.5. The minimum atomic E-state index is -0.0270. The molecule has 0 saturated heterocycles. The number of anilines is 1. The SMILES string of the molecule is CC(=O)NCc1ccc(-c2csc(NCc3ccco3)n2)cc1. The number of carbonyl (C=O) groups excluding carboxylic acids is 1. The summed E-state index contributed by atoms with van der Waals surface area (Å²) in [6, 6.07) is 11.8. The van der Waals surface area contributed by atoms with Gasteiger partial charge < -0.3 is 15.1 Å². The van der Waals surface area contributed by atoms with Crippen LogP contribution in [0.15, 0.2) is 52.5 Å². The lowest BCUT2D eigenvalue weighted by molar-refractivity contribution is -0.119. The molecule has 1 amide bonds. The summed E-state index contributed by atoms with van der Waals surface area (Å²) in [5.41, 5.74) is 3.05. The van der Waals surface area contributed by atoms with Gasteiger partial charge in [-0.25, -0.2) is 4.98 Å². The Morgan fingerprint density at radius 1 is 1.22 bits per heavy atom. The molecule has 1 aromatic carbocycles. The third-order valence-electron chi connectivity index (χ3n) is 3.29. The van der Waals surface area contributed by atoms with Crippen molar-refractivity contribution in [2.24, 2.45) is 0 Å². The van der Waals surface area contributed by atoms with Crippen LogP contribution in [-0.2, 0) is 17.9 Å². The van der Waals surface area contributed by atoms with Crippen LogP contribution in [0.1, 0.15) is 18.2 Å². The monoisotopic (exact) mass is 327 g/mol. The molecule has 0 spiro atoms. The molecule has 2 N–H and O–H groups in total. The van der Waals surface area contributed by atoms with Gasteiger partial charge >= 0.3 is 0 Å². The molecule has 118 valence electrons. The molecular weight excluding hydrogens is 310 g/mol. The summed E-state index contributed by atoms with van der Waals surface area (Å²) >= 11 is 1.56. The van der Waals surface area contributed by atoms with Crippen LogP contribution in [0.4, 0.5) is 5.13 Å². The number of thiazole rings is 1. The van der Waals surface area contributed by atoms with E-state index in [1.54, 1.807) is 17.6 Å². The molecule has 0 aliphatic rings. The first kappa shape index (κ1) is 15.3. The van der Waals surface area contributed by atoms with Crippen molar-refractivity contribution in [3.05, 3.63) is 59.4 Å². The van der Waals surface area contributed by atoms with E-state index >= 15 is 0 Å². The number of carbonyl (C=O) groups is 1. The summed E-state index contributed by atoms with van der Waals surface area (Å²) in [5, 5.41) is 8.91. The number of hydrogen-bond acceptors (Lipinski definition) is 5. The van der Waals surface area contributed by atoms with Crippen molar-refractivity contribution < 1.29 is 9.21 Å². The minimum Gasteiger partial charge on any atom is -0.467 e. The molecule has 23 heavy (non-hydrogen) atoms. The Morgan fingerprint density at radius 3 is 2.74 bits per heavy atom. The van der Waals surface area contributed by atoms with Crippen molar-refractivity contribution in [1.82, 2.24) is 10.3 Å². The van der Waals surface area contributed by atoms with Gasteiger partial charge in [0.25, 0.3) is 0 Å². The molecule has 3 rings (SSSR count). The first-order valence-corrected chi connectivity index (χ1v) is 8.14. The van der Waals surface area contributed by atoms with E-state index < -0.39 is 0 Å². The number of amides is 1. The molecule has 0 saturated carbocycles. The number of hydrogen-bond donors (Lipinski definition) is 2. The molecule has 0 fully saturated rings. The van der Waals surface area contributed by atoms with Gasteiger partial charge in [-0.3, -0.25) is 4.79 Å². The molecule has 0 aliphatic heterocycles. The summed E-state index contributed by atoms with van der Waals surface area (Å²) in [4.78, 5) is 15.5. The Hall–Kier alpha value is -2.60. The summed E-state index contributed by atoms with van der Waals surface area (Å²) in [6.07, 6.45) is 1.66. The first-order chi connectivity index (χ1) is 11.2. The molecule has 0 aliphatic carbocycles. The van der Waals surface area contributed by atoms with E-state index in [1.807, 2.05) is 41.8 Å². The largest absolute Gasteiger partial charge is 0.467 e. The molecule has 6 heteroatoms. The van der Waals surface area contributed by atoms with Crippen LogP contribution in [0, 0.1) is 0 Å². The number of furan rings is 1. The maximum atomic E-state index is 10.9. The van der Waals surface area contributed by atoms with Gasteiger partial charge in [-0.05, 0) is 17.7 Å². The topological polar surface area (TPSA) is 67.2 Å². The van der Waals surface area contributed by atoms with Gasteiger partial charge in [0, 0.05) is 24.4 Å². The minimum absolute atomic E-state index is 0.0270. The Morgan fingerprint density at radius 2 is 2.04 bits per heavy atom. The predicted molar refractivity (Wildman–Crippen MR) is 91.1 cm³/mol. The normalized spacial score (nSPS) is 10.5. The van der Waals surface area contributed by atoms with Gasteiger partial charge in [-0.1, -0.05) is 24.3 Å². The Labute approximate surface area is 138 Å². The second-order valence-corrected chi connectivity index (χ2v) is 5.94. The lowest BCUT2D eigenvalue weighted by Gasteiger charge is -2.03. The van der Waals surface area contributed by atoms with E-state index in [2.05, 4.69) is 15.6 Å². The fourth-order valence-electron chi connectivity index (χ4n) is 2.08. The van der Waals surface area contributed by atoms with Crippen LogP contribution in [0.5, 0.6) is 0 Å².